The van der Waals surface area contributed by atoms with Crippen molar-refractivity contribution in [3.05, 3.63) is 32.3 Å². The highest BCUT2D eigenvalue weighted by molar-refractivity contribution is 14.1. The van der Waals surface area contributed by atoms with Gasteiger partial charge in [0.2, 0.25) is 0 Å². The summed E-state index contributed by atoms with van der Waals surface area (Å²) in [5.41, 5.74) is 1.78. The van der Waals surface area contributed by atoms with Crippen LogP contribution in [0.25, 0.3) is 11.1 Å². The van der Waals surface area contributed by atoms with Crippen LogP contribution < -0.4 is 5.76 Å². The van der Waals surface area contributed by atoms with E-state index in [1.807, 2.05) is 18.2 Å². The van der Waals surface area contributed by atoms with Crippen molar-refractivity contribution in [2.75, 3.05) is 0 Å². The molecule has 0 saturated heterocycles. The fourth-order valence-corrected chi connectivity index (χ4v) is 2.16. The first kappa shape index (κ1) is 12.7. The van der Waals surface area contributed by atoms with Crippen LogP contribution in [0.15, 0.2) is 27.4 Å². The van der Waals surface area contributed by atoms with Crippen molar-refractivity contribution in [3.63, 3.8) is 0 Å². The van der Waals surface area contributed by atoms with Crippen LogP contribution in [0.1, 0.15) is 27.2 Å². The molecular formula is C13H16INO2. The fourth-order valence-electron chi connectivity index (χ4n) is 1.70. The largest absolute Gasteiger partial charge is 0.419 e. The summed E-state index contributed by atoms with van der Waals surface area (Å²) >= 11 is 2.21. The lowest BCUT2D eigenvalue weighted by molar-refractivity contribution is 0.343. The van der Waals surface area contributed by atoms with Crippen LogP contribution in [-0.4, -0.2) is 4.57 Å². The van der Waals surface area contributed by atoms with Crippen LogP contribution in [-0.2, 0) is 6.54 Å². The fraction of sp³-hybridized carbons (Fsp3) is 0.462. The number of aromatic nitrogens is 1. The highest BCUT2D eigenvalue weighted by atomic mass is 127. The molecular weight excluding hydrogens is 329 g/mol. The number of benzene rings is 1. The third-order valence-electron chi connectivity index (χ3n) is 2.72. The van der Waals surface area contributed by atoms with Gasteiger partial charge in [-0.05, 0) is 52.6 Å². The molecule has 0 saturated carbocycles. The molecule has 2 rings (SSSR count). The average Bonchev–Trinajstić information content (AvgIpc) is 2.48. The summed E-state index contributed by atoms with van der Waals surface area (Å²) in [7, 11) is 0. The SMILES string of the molecule is CC(C)(C)CCn1c(=O)oc2cc(I)ccc21. The standard InChI is InChI=1S/C13H16INO2/c1-13(2,3)6-7-15-10-5-4-9(14)8-11(10)17-12(15)16/h4-5,8H,6-7H2,1-3H3. The molecule has 0 aliphatic rings. The summed E-state index contributed by atoms with van der Waals surface area (Å²) in [6.07, 6.45) is 0.952. The van der Waals surface area contributed by atoms with Gasteiger partial charge in [0.1, 0.15) is 0 Å². The molecule has 0 bridgehead atoms. The van der Waals surface area contributed by atoms with Crippen molar-refractivity contribution in [2.45, 2.75) is 33.7 Å². The molecule has 1 aromatic carbocycles. The first-order valence-electron chi connectivity index (χ1n) is 5.66. The number of halogens is 1. The molecule has 1 heterocycles. The van der Waals surface area contributed by atoms with Gasteiger partial charge in [-0.3, -0.25) is 4.57 Å². The summed E-state index contributed by atoms with van der Waals surface area (Å²) in [6.45, 7) is 7.21. The third-order valence-corrected chi connectivity index (χ3v) is 3.39. The molecule has 0 fully saturated rings. The highest BCUT2D eigenvalue weighted by Crippen LogP contribution is 2.21. The summed E-state index contributed by atoms with van der Waals surface area (Å²) in [5.74, 6) is -0.258. The maximum Gasteiger partial charge on any atom is 0.419 e. The van der Waals surface area contributed by atoms with Crippen molar-refractivity contribution in [1.82, 2.24) is 4.57 Å². The molecule has 2 aromatic rings. The van der Waals surface area contributed by atoms with E-state index >= 15 is 0 Å². The number of aryl methyl sites for hydroxylation is 1. The molecule has 0 aliphatic heterocycles. The van der Waals surface area contributed by atoms with Crippen molar-refractivity contribution in [3.8, 4) is 0 Å². The first-order valence-corrected chi connectivity index (χ1v) is 6.74. The third kappa shape index (κ3) is 2.91. The molecule has 0 spiro atoms. The Kier molecular flexibility index (Phi) is 3.34. The van der Waals surface area contributed by atoms with Crippen LogP contribution in [0.2, 0.25) is 0 Å². The van der Waals surface area contributed by atoms with Gasteiger partial charge in [-0.2, -0.15) is 0 Å². The Morgan fingerprint density at radius 1 is 1.35 bits per heavy atom. The second-order valence-electron chi connectivity index (χ2n) is 5.44. The molecule has 92 valence electrons. The van der Waals surface area contributed by atoms with Crippen molar-refractivity contribution >= 4 is 33.7 Å². The lowest BCUT2D eigenvalue weighted by atomic mass is 9.92. The van der Waals surface area contributed by atoms with Crippen molar-refractivity contribution in [1.29, 1.82) is 0 Å². The van der Waals surface area contributed by atoms with Gasteiger partial charge in [0.15, 0.2) is 5.58 Å². The normalized spacial score (nSPS) is 12.2. The summed E-state index contributed by atoms with van der Waals surface area (Å²) < 4.78 is 8.04. The number of hydrogen-bond acceptors (Lipinski definition) is 2. The lowest BCUT2D eigenvalue weighted by Crippen LogP contribution is -2.18. The minimum atomic E-state index is -0.258. The topological polar surface area (TPSA) is 35.1 Å². The minimum Gasteiger partial charge on any atom is -0.408 e. The van der Waals surface area contributed by atoms with Gasteiger partial charge in [0.25, 0.3) is 0 Å². The van der Waals surface area contributed by atoms with E-state index < -0.39 is 0 Å². The van der Waals surface area contributed by atoms with Crippen LogP contribution in [0.4, 0.5) is 0 Å². The maximum absolute atomic E-state index is 11.8. The van der Waals surface area contributed by atoms with E-state index in [4.69, 9.17) is 4.42 Å². The predicted octanol–water partition coefficient (Wildman–Crippen LogP) is 3.64. The van der Waals surface area contributed by atoms with E-state index in [-0.39, 0.29) is 11.2 Å². The molecule has 17 heavy (non-hydrogen) atoms. The Balaban J connectivity index is 2.40. The van der Waals surface area contributed by atoms with E-state index in [0.717, 1.165) is 15.5 Å². The predicted molar refractivity (Wildman–Crippen MR) is 77.3 cm³/mol. The van der Waals surface area contributed by atoms with E-state index in [9.17, 15) is 4.79 Å². The molecule has 0 aliphatic carbocycles. The van der Waals surface area contributed by atoms with E-state index in [1.165, 1.54) is 0 Å². The van der Waals surface area contributed by atoms with Crippen LogP contribution >= 0.6 is 22.6 Å². The summed E-state index contributed by atoms with van der Waals surface area (Å²) in [6, 6.07) is 5.83. The Labute approximate surface area is 114 Å². The van der Waals surface area contributed by atoms with E-state index in [2.05, 4.69) is 43.4 Å². The average molecular weight is 345 g/mol. The van der Waals surface area contributed by atoms with Crippen LogP contribution in [0.5, 0.6) is 0 Å². The van der Waals surface area contributed by atoms with Gasteiger partial charge < -0.3 is 4.42 Å². The molecule has 1 aromatic heterocycles. The van der Waals surface area contributed by atoms with Gasteiger partial charge >= 0.3 is 5.76 Å². The number of fused-ring (bicyclic) bond motifs is 1. The number of nitrogens with zero attached hydrogens (tertiary/aromatic N) is 1. The first-order chi connectivity index (χ1) is 7.87. The quantitative estimate of drug-likeness (QED) is 0.779. The van der Waals surface area contributed by atoms with E-state index in [0.29, 0.717) is 12.1 Å². The molecule has 0 atom stereocenters. The number of hydrogen-bond donors (Lipinski definition) is 0. The lowest BCUT2D eigenvalue weighted by Gasteiger charge is -2.17. The zero-order valence-electron chi connectivity index (χ0n) is 10.3. The van der Waals surface area contributed by atoms with E-state index in [1.54, 1.807) is 4.57 Å². The molecule has 3 nitrogen and oxygen atoms in total. The zero-order valence-corrected chi connectivity index (χ0v) is 12.4. The zero-order chi connectivity index (χ0) is 12.6. The molecule has 0 unspecified atom stereocenters. The van der Waals surface area contributed by atoms with Crippen LogP contribution in [0.3, 0.4) is 0 Å². The minimum absolute atomic E-state index is 0.215. The Morgan fingerprint density at radius 2 is 2.06 bits per heavy atom. The van der Waals surface area contributed by atoms with Crippen LogP contribution in [0, 0.1) is 8.99 Å². The van der Waals surface area contributed by atoms with Gasteiger partial charge in [-0.25, -0.2) is 4.79 Å². The second-order valence-corrected chi connectivity index (χ2v) is 6.69. The maximum atomic E-state index is 11.8. The monoisotopic (exact) mass is 345 g/mol. The molecule has 0 amide bonds. The molecule has 4 heteroatoms. The second kappa shape index (κ2) is 4.48. The Bertz CT molecular complexity index is 589. The van der Waals surface area contributed by atoms with Crippen molar-refractivity contribution < 1.29 is 4.42 Å². The molecule has 0 radical (unpaired) electrons. The van der Waals surface area contributed by atoms with Gasteiger partial charge in [0.05, 0.1) is 5.52 Å². The van der Waals surface area contributed by atoms with Gasteiger partial charge in [-0.1, -0.05) is 20.8 Å². The Morgan fingerprint density at radius 3 is 2.71 bits per heavy atom. The summed E-state index contributed by atoms with van der Waals surface area (Å²) in [4.78, 5) is 11.8. The van der Waals surface area contributed by atoms with Gasteiger partial charge in [0, 0.05) is 10.1 Å². The Hall–Kier alpha value is -0.780. The number of rotatable bonds is 2. The van der Waals surface area contributed by atoms with Crippen molar-refractivity contribution in [2.24, 2.45) is 5.41 Å². The molecule has 0 N–H and O–H groups in total. The smallest absolute Gasteiger partial charge is 0.408 e. The summed E-state index contributed by atoms with van der Waals surface area (Å²) in [5, 5.41) is 0. The van der Waals surface area contributed by atoms with Gasteiger partial charge in [-0.15, -0.1) is 0 Å². The number of oxazole rings is 1. The highest BCUT2D eigenvalue weighted by Gasteiger charge is 2.14.